The van der Waals surface area contributed by atoms with Gasteiger partial charge in [-0.25, -0.2) is 0 Å². The Hall–Kier alpha value is -1.92. The van der Waals surface area contributed by atoms with Crippen LogP contribution in [0.25, 0.3) is 0 Å². The van der Waals surface area contributed by atoms with Crippen LogP contribution in [-0.4, -0.2) is 55.0 Å². The molecular formula is C19H29N3O3. The van der Waals surface area contributed by atoms with Gasteiger partial charge in [-0.15, -0.1) is 0 Å². The van der Waals surface area contributed by atoms with Crippen molar-refractivity contribution < 1.29 is 14.3 Å². The van der Waals surface area contributed by atoms with E-state index in [0.717, 1.165) is 26.1 Å². The number of carbonyl (C=O) groups excluding carboxylic acids is 2. The first-order valence-electron chi connectivity index (χ1n) is 8.84. The van der Waals surface area contributed by atoms with Crippen molar-refractivity contribution in [2.45, 2.75) is 38.8 Å². The highest BCUT2D eigenvalue weighted by Gasteiger charge is 2.22. The van der Waals surface area contributed by atoms with Crippen LogP contribution in [0.15, 0.2) is 30.3 Å². The first-order chi connectivity index (χ1) is 11.8. The van der Waals surface area contributed by atoms with Crippen molar-refractivity contribution in [2.75, 3.05) is 32.8 Å². The number of ether oxygens (including phenoxy) is 1. The molecule has 25 heavy (non-hydrogen) atoms. The Kier molecular flexibility index (Phi) is 6.96. The summed E-state index contributed by atoms with van der Waals surface area (Å²) >= 11 is 0. The zero-order valence-electron chi connectivity index (χ0n) is 15.4. The Morgan fingerprint density at radius 1 is 1.20 bits per heavy atom. The lowest BCUT2D eigenvalue weighted by molar-refractivity contribution is -0.140. The van der Waals surface area contributed by atoms with E-state index < -0.39 is 17.4 Å². The topological polar surface area (TPSA) is 70.7 Å². The predicted octanol–water partition coefficient (Wildman–Crippen LogP) is 1.48. The molecule has 2 rings (SSSR count). The fraction of sp³-hybridized carbons (Fsp3) is 0.579. The molecule has 1 saturated heterocycles. The fourth-order valence-corrected chi connectivity index (χ4v) is 2.76. The summed E-state index contributed by atoms with van der Waals surface area (Å²) in [5, 5.41) is 5.33. The minimum Gasteiger partial charge on any atom is -0.371 e. The number of carbonyl (C=O) groups is 2. The van der Waals surface area contributed by atoms with Gasteiger partial charge in [0, 0.05) is 31.7 Å². The third-order valence-corrected chi connectivity index (χ3v) is 3.95. The molecule has 1 aromatic carbocycles. The lowest BCUT2D eigenvalue weighted by Crippen LogP contribution is -2.48. The normalized spacial score (nSPS) is 18.6. The third kappa shape index (κ3) is 6.84. The Morgan fingerprint density at radius 3 is 2.60 bits per heavy atom. The Balaban J connectivity index is 1.68. The number of nitrogens with zero attached hydrogens (tertiary/aromatic N) is 1. The lowest BCUT2D eigenvalue weighted by atomic mass is 10.1. The third-order valence-electron chi connectivity index (χ3n) is 3.95. The van der Waals surface area contributed by atoms with Gasteiger partial charge in [0.2, 0.25) is 0 Å². The standard InChI is InChI=1S/C19H29N3O3/c1-19(2,3)21-18(24)17(23)20-10-7-11-22-12-13-25-16(14-22)15-8-5-4-6-9-15/h4-6,8-9,16H,7,10-14H2,1-3H3,(H,20,23)(H,21,24)/t16-/m1/s1. The van der Waals surface area contributed by atoms with E-state index in [2.05, 4.69) is 27.7 Å². The zero-order valence-corrected chi connectivity index (χ0v) is 15.4. The quantitative estimate of drug-likeness (QED) is 0.625. The monoisotopic (exact) mass is 347 g/mol. The maximum Gasteiger partial charge on any atom is 0.309 e. The van der Waals surface area contributed by atoms with Crippen molar-refractivity contribution in [1.29, 1.82) is 0 Å². The average Bonchev–Trinajstić information content (AvgIpc) is 2.58. The largest absolute Gasteiger partial charge is 0.371 e. The van der Waals surface area contributed by atoms with Gasteiger partial charge in [-0.3, -0.25) is 14.5 Å². The van der Waals surface area contributed by atoms with E-state index >= 15 is 0 Å². The first-order valence-corrected chi connectivity index (χ1v) is 8.84. The summed E-state index contributed by atoms with van der Waals surface area (Å²) in [7, 11) is 0. The minimum absolute atomic E-state index is 0.0992. The van der Waals surface area contributed by atoms with Crippen LogP contribution < -0.4 is 10.6 Å². The second-order valence-electron chi connectivity index (χ2n) is 7.38. The van der Waals surface area contributed by atoms with Crippen LogP contribution in [0.1, 0.15) is 38.9 Å². The summed E-state index contributed by atoms with van der Waals surface area (Å²) < 4.78 is 5.85. The molecule has 2 N–H and O–H groups in total. The van der Waals surface area contributed by atoms with Crippen molar-refractivity contribution in [3.05, 3.63) is 35.9 Å². The minimum atomic E-state index is -0.581. The molecule has 138 valence electrons. The number of morpholine rings is 1. The fourth-order valence-electron chi connectivity index (χ4n) is 2.76. The van der Waals surface area contributed by atoms with Crippen molar-refractivity contribution in [3.63, 3.8) is 0 Å². The van der Waals surface area contributed by atoms with Crippen LogP contribution in [0.4, 0.5) is 0 Å². The van der Waals surface area contributed by atoms with Crippen LogP contribution in [0.3, 0.4) is 0 Å². The SMILES string of the molecule is CC(C)(C)NC(=O)C(=O)NCCCN1CCO[C@@H](c2ccccc2)C1. The average molecular weight is 347 g/mol. The molecule has 1 aromatic rings. The Bertz CT molecular complexity index is 569. The second kappa shape index (κ2) is 8.97. The molecule has 1 fully saturated rings. The van der Waals surface area contributed by atoms with Gasteiger partial charge in [-0.2, -0.15) is 0 Å². The molecule has 1 aliphatic heterocycles. The van der Waals surface area contributed by atoms with E-state index in [1.807, 2.05) is 39.0 Å². The molecule has 0 saturated carbocycles. The van der Waals surface area contributed by atoms with Crippen LogP contribution >= 0.6 is 0 Å². The van der Waals surface area contributed by atoms with Crippen molar-refractivity contribution >= 4 is 11.8 Å². The number of amides is 2. The summed E-state index contributed by atoms with van der Waals surface area (Å²) in [5.74, 6) is -1.15. The van der Waals surface area contributed by atoms with E-state index in [4.69, 9.17) is 4.74 Å². The molecule has 0 radical (unpaired) electrons. The summed E-state index contributed by atoms with van der Waals surface area (Å²) in [6.45, 7) is 9.35. The van der Waals surface area contributed by atoms with Gasteiger partial charge in [0.15, 0.2) is 0 Å². The molecule has 1 heterocycles. The van der Waals surface area contributed by atoms with Gasteiger partial charge in [0.05, 0.1) is 12.7 Å². The predicted molar refractivity (Wildman–Crippen MR) is 97.1 cm³/mol. The van der Waals surface area contributed by atoms with E-state index in [1.54, 1.807) is 0 Å². The van der Waals surface area contributed by atoms with Gasteiger partial charge < -0.3 is 15.4 Å². The highest BCUT2D eigenvalue weighted by Crippen LogP contribution is 2.21. The van der Waals surface area contributed by atoms with E-state index in [0.29, 0.717) is 13.2 Å². The Labute approximate surface area is 149 Å². The molecule has 0 unspecified atom stereocenters. The lowest BCUT2D eigenvalue weighted by Gasteiger charge is -2.33. The Morgan fingerprint density at radius 2 is 1.92 bits per heavy atom. The zero-order chi connectivity index (χ0) is 18.3. The molecule has 0 aliphatic carbocycles. The van der Waals surface area contributed by atoms with Gasteiger partial charge in [-0.05, 0) is 32.8 Å². The summed E-state index contributed by atoms with van der Waals surface area (Å²) in [5.41, 5.74) is 0.786. The number of hydrogen-bond acceptors (Lipinski definition) is 4. The summed E-state index contributed by atoms with van der Waals surface area (Å²) in [6.07, 6.45) is 0.901. The highest BCUT2D eigenvalue weighted by atomic mass is 16.5. The van der Waals surface area contributed by atoms with Gasteiger partial charge >= 0.3 is 11.8 Å². The van der Waals surface area contributed by atoms with E-state index in [1.165, 1.54) is 5.56 Å². The summed E-state index contributed by atoms with van der Waals surface area (Å²) in [6, 6.07) is 10.2. The smallest absolute Gasteiger partial charge is 0.309 e. The van der Waals surface area contributed by atoms with Crippen molar-refractivity contribution in [3.8, 4) is 0 Å². The maximum absolute atomic E-state index is 11.8. The molecular weight excluding hydrogens is 318 g/mol. The van der Waals surface area contributed by atoms with E-state index in [-0.39, 0.29) is 6.10 Å². The number of rotatable bonds is 5. The molecule has 0 aromatic heterocycles. The van der Waals surface area contributed by atoms with Crippen LogP contribution in [0.5, 0.6) is 0 Å². The van der Waals surface area contributed by atoms with Crippen LogP contribution in [0.2, 0.25) is 0 Å². The molecule has 1 atom stereocenters. The molecule has 1 aliphatic rings. The molecule has 0 bridgehead atoms. The molecule has 2 amide bonds. The summed E-state index contributed by atoms with van der Waals surface area (Å²) in [4.78, 5) is 25.8. The van der Waals surface area contributed by atoms with E-state index in [9.17, 15) is 9.59 Å². The number of benzene rings is 1. The maximum atomic E-state index is 11.8. The molecule has 6 nitrogen and oxygen atoms in total. The first kappa shape index (κ1) is 19.4. The van der Waals surface area contributed by atoms with Gasteiger partial charge in [0.25, 0.3) is 0 Å². The number of nitrogens with one attached hydrogen (secondary N) is 2. The molecule has 0 spiro atoms. The van der Waals surface area contributed by atoms with Crippen LogP contribution in [-0.2, 0) is 14.3 Å². The highest BCUT2D eigenvalue weighted by molar-refractivity contribution is 6.35. The van der Waals surface area contributed by atoms with Gasteiger partial charge in [-0.1, -0.05) is 30.3 Å². The number of hydrogen-bond donors (Lipinski definition) is 2. The second-order valence-corrected chi connectivity index (χ2v) is 7.38. The van der Waals surface area contributed by atoms with Crippen molar-refractivity contribution in [2.24, 2.45) is 0 Å². The van der Waals surface area contributed by atoms with Crippen LogP contribution in [0, 0.1) is 0 Å². The van der Waals surface area contributed by atoms with Gasteiger partial charge in [0.1, 0.15) is 0 Å². The molecule has 6 heteroatoms. The van der Waals surface area contributed by atoms with Crippen molar-refractivity contribution in [1.82, 2.24) is 15.5 Å².